The molecule has 0 unspecified atom stereocenters. The van der Waals surface area contributed by atoms with E-state index >= 15 is 0 Å². The molecule has 2 aromatic carbocycles. The Balaban J connectivity index is 1.75. The summed E-state index contributed by atoms with van der Waals surface area (Å²) in [5, 5.41) is 0. The van der Waals surface area contributed by atoms with Gasteiger partial charge in [0, 0.05) is 6.42 Å². The Labute approximate surface area is 155 Å². The third-order valence-corrected chi connectivity index (χ3v) is 4.23. The van der Waals surface area contributed by atoms with Gasteiger partial charge in [0.15, 0.2) is 0 Å². The number of carbonyl (C=O) groups is 2. The average molecular weight is 354 g/mol. The van der Waals surface area contributed by atoms with Crippen LogP contribution in [0.4, 0.5) is 0 Å². The van der Waals surface area contributed by atoms with Crippen molar-refractivity contribution >= 4 is 12.3 Å². The van der Waals surface area contributed by atoms with Crippen LogP contribution in [0.25, 0.3) is 11.1 Å². The van der Waals surface area contributed by atoms with Gasteiger partial charge < -0.3 is 14.3 Å². The van der Waals surface area contributed by atoms with Gasteiger partial charge in [0.1, 0.15) is 12.0 Å². The molecule has 138 valence electrons. The summed E-state index contributed by atoms with van der Waals surface area (Å²) in [5.41, 5.74) is 2.66. The van der Waals surface area contributed by atoms with Crippen LogP contribution in [0.1, 0.15) is 48.9 Å². The third-order valence-electron chi connectivity index (χ3n) is 4.23. The zero-order valence-electron chi connectivity index (χ0n) is 15.3. The van der Waals surface area contributed by atoms with Crippen molar-refractivity contribution in [2.75, 3.05) is 13.7 Å². The number of aldehydes is 1. The maximum absolute atomic E-state index is 11.5. The first-order valence-electron chi connectivity index (χ1n) is 9.10. The van der Waals surface area contributed by atoms with Gasteiger partial charge in [-0.1, -0.05) is 43.5 Å². The molecule has 0 radical (unpaired) electrons. The molecule has 0 heterocycles. The van der Waals surface area contributed by atoms with Crippen molar-refractivity contribution in [2.24, 2.45) is 0 Å². The molecule has 4 heteroatoms. The average Bonchev–Trinajstić information content (AvgIpc) is 2.70. The maximum Gasteiger partial charge on any atom is 0.337 e. The Bertz CT molecular complexity index is 674. The number of methoxy groups -OCH3 is 1. The Kier molecular flexibility index (Phi) is 8.40. The monoisotopic (exact) mass is 354 g/mol. The van der Waals surface area contributed by atoms with E-state index in [2.05, 4.69) is 0 Å². The predicted molar refractivity (Wildman–Crippen MR) is 102 cm³/mol. The van der Waals surface area contributed by atoms with Gasteiger partial charge in [0.25, 0.3) is 0 Å². The highest BCUT2D eigenvalue weighted by molar-refractivity contribution is 5.89. The number of benzene rings is 2. The van der Waals surface area contributed by atoms with Crippen molar-refractivity contribution in [1.29, 1.82) is 0 Å². The van der Waals surface area contributed by atoms with Crippen molar-refractivity contribution < 1.29 is 19.1 Å². The maximum atomic E-state index is 11.5. The highest BCUT2D eigenvalue weighted by Gasteiger charge is 2.05. The van der Waals surface area contributed by atoms with E-state index in [0.717, 1.165) is 55.3 Å². The SMILES string of the molecule is COC(=O)c1ccc(-c2ccc(OCCCCCCCC=O)cc2)cc1. The molecule has 0 aromatic heterocycles. The number of rotatable bonds is 11. The molecule has 0 amide bonds. The molecule has 0 saturated carbocycles. The van der Waals surface area contributed by atoms with E-state index in [0.29, 0.717) is 18.6 Å². The second kappa shape index (κ2) is 11.1. The second-order valence-electron chi connectivity index (χ2n) is 6.16. The molecule has 26 heavy (non-hydrogen) atoms. The lowest BCUT2D eigenvalue weighted by atomic mass is 10.0. The zero-order chi connectivity index (χ0) is 18.6. The molecule has 0 N–H and O–H groups in total. The fourth-order valence-corrected chi connectivity index (χ4v) is 2.71. The van der Waals surface area contributed by atoms with E-state index in [1.165, 1.54) is 7.11 Å². The molecule has 2 aromatic rings. The molecule has 0 aliphatic rings. The quantitative estimate of drug-likeness (QED) is 0.321. The normalized spacial score (nSPS) is 10.3. The minimum Gasteiger partial charge on any atom is -0.494 e. The van der Waals surface area contributed by atoms with Crippen molar-refractivity contribution in [3.63, 3.8) is 0 Å². The van der Waals surface area contributed by atoms with E-state index < -0.39 is 0 Å². The summed E-state index contributed by atoms with van der Waals surface area (Å²) in [6.45, 7) is 0.709. The lowest BCUT2D eigenvalue weighted by molar-refractivity contribution is -0.107. The molecule has 0 atom stereocenters. The van der Waals surface area contributed by atoms with Gasteiger partial charge in [-0.2, -0.15) is 0 Å². The van der Waals surface area contributed by atoms with Gasteiger partial charge in [0.2, 0.25) is 0 Å². The number of esters is 1. The van der Waals surface area contributed by atoms with Crippen molar-refractivity contribution in [1.82, 2.24) is 0 Å². The summed E-state index contributed by atoms with van der Waals surface area (Å²) in [4.78, 5) is 21.7. The largest absolute Gasteiger partial charge is 0.494 e. The zero-order valence-corrected chi connectivity index (χ0v) is 15.3. The summed E-state index contributed by atoms with van der Waals surface area (Å²) >= 11 is 0. The van der Waals surface area contributed by atoms with Crippen LogP contribution in [-0.4, -0.2) is 26.0 Å². The van der Waals surface area contributed by atoms with Crippen LogP contribution in [0.2, 0.25) is 0 Å². The molecule has 0 aliphatic carbocycles. The molecular formula is C22H26O4. The van der Waals surface area contributed by atoms with Crippen LogP contribution in [0.3, 0.4) is 0 Å². The summed E-state index contributed by atoms with van der Waals surface area (Å²) in [6.07, 6.45) is 7.07. The Morgan fingerprint density at radius 2 is 1.42 bits per heavy atom. The van der Waals surface area contributed by atoms with Crippen LogP contribution >= 0.6 is 0 Å². The standard InChI is InChI=1S/C22H26O4/c1-25-22(24)20-10-8-18(9-11-20)19-12-14-21(15-13-19)26-17-7-5-3-2-4-6-16-23/h8-16H,2-7,17H2,1H3. The third kappa shape index (κ3) is 6.36. The fraction of sp³-hybridized carbons (Fsp3) is 0.364. The molecule has 0 fully saturated rings. The van der Waals surface area contributed by atoms with Gasteiger partial charge in [-0.15, -0.1) is 0 Å². The van der Waals surface area contributed by atoms with Gasteiger partial charge in [-0.25, -0.2) is 4.79 Å². The number of hydrogen-bond donors (Lipinski definition) is 0. The van der Waals surface area contributed by atoms with E-state index in [1.54, 1.807) is 12.1 Å². The molecular weight excluding hydrogens is 328 g/mol. The molecule has 0 spiro atoms. The lowest BCUT2D eigenvalue weighted by Gasteiger charge is -2.08. The van der Waals surface area contributed by atoms with Crippen LogP contribution in [0.5, 0.6) is 5.75 Å². The predicted octanol–water partition coefficient (Wildman–Crippen LogP) is 5.06. The number of carbonyl (C=O) groups excluding carboxylic acids is 2. The molecule has 0 saturated heterocycles. The van der Waals surface area contributed by atoms with E-state index in [-0.39, 0.29) is 5.97 Å². The van der Waals surface area contributed by atoms with Crippen molar-refractivity contribution in [3.8, 4) is 16.9 Å². The first kappa shape index (κ1) is 19.7. The molecule has 4 nitrogen and oxygen atoms in total. The number of hydrogen-bond acceptors (Lipinski definition) is 4. The highest BCUT2D eigenvalue weighted by Crippen LogP contribution is 2.23. The molecule has 0 aliphatic heterocycles. The van der Waals surface area contributed by atoms with Crippen LogP contribution in [-0.2, 0) is 9.53 Å². The van der Waals surface area contributed by atoms with E-state index in [4.69, 9.17) is 9.47 Å². The Morgan fingerprint density at radius 3 is 2.04 bits per heavy atom. The lowest BCUT2D eigenvalue weighted by Crippen LogP contribution is -2.00. The fourth-order valence-electron chi connectivity index (χ4n) is 2.71. The first-order valence-corrected chi connectivity index (χ1v) is 9.10. The summed E-state index contributed by atoms with van der Waals surface area (Å²) in [5.74, 6) is 0.532. The van der Waals surface area contributed by atoms with Gasteiger partial charge in [-0.3, -0.25) is 0 Å². The second-order valence-corrected chi connectivity index (χ2v) is 6.16. The van der Waals surface area contributed by atoms with E-state index in [1.807, 2.05) is 36.4 Å². The van der Waals surface area contributed by atoms with Gasteiger partial charge in [-0.05, 0) is 48.2 Å². The summed E-state index contributed by atoms with van der Waals surface area (Å²) < 4.78 is 10.5. The molecule has 0 bridgehead atoms. The van der Waals surface area contributed by atoms with Gasteiger partial charge in [0.05, 0.1) is 19.3 Å². The first-order chi connectivity index (χ1) is 12.7. The topological polar surface area (TPSA) is 52.6 Å². The summed E-state index contributed by atoms with van der Waals surface area (Å²) in [6, 6.07) is 15.3. The Morgan fingerprint density at radius 1 is 0.846 bits per heavy atom. The minimum absolute atomic E-state index is 0.330. The number of ether oxygens (including phenoxy) is 2. The highest BCUT2D eigenvalue weighted by atomic mass is 16.5. The van der Waals surface area contributed by atoms with Crippen molar-refractivity contribution in [3.05, 3.63) is 54.1 Å². The van der Waals surface area contributed by atoms with Crippen molar-refractivity contribution in [2.45, 2.75) is 38.5 Å². The van der Waals surface area contributed by atoms with Crippen LogP contribution in [0, 0.1) is 0 Å². The Hall–Kier alpha value is -2.62. The van der Waals surface area contributed by atoms with E-state index in [9.17, 15) is 9.59 Å². The number of unbranched alkanes of at least 4 members (excludes halogenated alkanes) is 5. The smallest absolute Gasteiger partial charge is 0.337 e. The molecule has 2 rings (SSSR count). The van der Waals surface area contributed by atoms with Crippen LogP contribution in [0.15, 0.2) is 48.5 Å². The summed E-state index contributed by atoms with van der Waals surface area (Å²) in [7, 11) is 1.38. The van der Waals surface area contributed by atoms with Gasteiger partial charge >= 0.3 is 5.97 Å². The minimum atomic E-state index is -0.330. The van der Waals surface area contributed by atoms with Crippen LogP contribution < -0.4 is 4.74 Å².